The van der Waals surface area contributed by atoms with Crippen molar-refractivity contribution in [3.63, 3.8) is 0 Å². The Bertz CT molecular complexity index is 623. The summed E-state index contributed by atoms with van der Waals surface area (Å²) in [6.07, 6.45) is 2.97. The summed E-state index contributed by atoms with van der Waals surface area (Å²) in [5.74, 6) is -3.33. The van der Waals surface area contributed by atoms with Gasteiger partial charge >= 0.3 is 5.97 Å². The quantitative estimate of drug-likeness (QED) is 0.614. The van der Waals surface area contributed by atoms with Gasteiger partial charge < -0.3 is 10.4 Å². The predicted octanol–water partition coefficient (Wildman–Crippen LogP) is 1.10. The molecule has 1 aromatic rings. The summed E-state index contributed by atoms with van der Waals surface area (Å²) in [7, 11) is -4.51. The largest absolute Gasteiger partial charge is 0.480 e. The van der Waals surface area contributed by atoms with Gasteiger partial charge in [0, 0.05) is 5.56 Å². The van der Waals surface area contributed by atoms with Crippen LogP contribution < -0.4 is 5.32 Å². The van der Waals surface area contributed by atoms with Crippen LogP contribution >= 0.6 is 0 Å². The van der Waals surface area contributed by atoms with E-state index in [0.717, 1.165) is 24.8 Å². The molecule has 0 aromatic heterocycles. The number of carbonyl (C=O) groups is 2. The highest BCUT2D eigenvalue weighted by molar-refractivity contribution is 7.85. The number of benzene rings is 1. The number of hydrogen-bond acceptors (Lipinski definition) is 4. The Hall–Kier alpha value is -1.93. The number of hydrogen-bond donors (Lipinski definition) is 3. The number of unbranched alkanes of at least 4 members (excludes halogenated alkanes) is 1. The van der Waals surface area contributed by atoms with Crippen LogP contribution in [0.1, 0.15) is 35.7 Å². The SMILES string of the molecule is CCCCc1ccc(C(=O)NC(CS(=O)(=O)O)C(=O)O)cc1. The van der Waals surface area contributed by atoms with E-state index >= 15 is 0 Å². The molecule has 1 atom stereocenters. The molecule has 1 unspecified atom stereocenters. The van der Waals surface area contributed by atoms with E-state index in [1.807, 2.05) is 0 Å². The number of aliphatic carboxylic acids is 1. The second kappa shape index (κ2) is 7.90. The van der Waals surface area contributed by atoms with Crippen LogP contribution in [0.2, 0.25) is 0 Å². The lowest BCUT2D eigenvalue weighted by molar-refractivity contribution is -0.138. The predicted molar refractivity (Wildman–Crippen MR) is 80.4 cm³/mol. The Kier molecular flexibility index (Phi) is 6.51. The third kappa shape index (κ3) is 6.23. The molecule has 1 rings (SSSR count). The van der Waals surface area contributed by atoms with Crippen molar-refractivity contribution < 1.29 is 27.7 Å². The summed E-state index contributed by atoms with van der Waals surface area (Å²) in [6.45, 7) is 2.07. The molecule has 3 N–H and O–H groups in total. The first-order chi connectivity index (χ1) is 10.2. The van der Waals surface area contributed by atoms with Gasteiger partial charge in [0.05, 0.1) is 0 Å². The van der Waals surface area contributed by atoms with Gasteiger partial charge in [-0.1, -0.05) is 25.5 Å². The maximum Gasteiger partial charge on any atom is 0.327 e. The molecule has 0 saturated heterocycles. The molecule has 1 amide bonds. The number of carbonyl (C=O) groups excluding carboxylic acids is 1. The Morgan fingerprint density at radius 1 is 1.23 bits per heavy atom. The van der Waals surface area contributed by atoms with Crippen molar-refractivity contribution in [1.29, 1.82) is 0 Å². The second-order valence-corrected chi connectivity index (χ2v) is 6.41. The average molecular weight is 329 g/mol. The standard InChI is InChI=1S/C14H19NO6S/c1-2-3-4-10-5-7-11(8-6-10)13(16)15-12(14(17)18)9-22(19,20)21/h5-8,12H,2-4,9H2,1H3,(H,15,16)(H,17,18)(H,19,20,21). The number of aryl methyl sites for hydroxylation is 1. The van der Waals surface area contributed by atoms with Crippen LogP contribution in [0.25, 0.3) is 0 Å². The van der Waals surface area contributed by atoms with Gasteiger partial charge in [-0.15, -0.1) is 0 Å². The molecule has 0 heterocycles. The Morgan fingerprint density at radius 3 is 2.27 bits per heavy atom. The van der Waals surface area contributed by atoms with E-state index in [0.29, 0.717) is 0 Å². The lowest BCUT2D eigenvalue weighted by Crippen LogP contribution is -2.45. The second-order valence-electron chi connectivity index (χ2n) is 4.91. The maximum atomic E-state index is 11.9. The topological polar surface area (TPSA) is 121 Å². The highest BCUT2D eigenvalue weighted by Gasteiger charge is 2.26. The monoisotopic (exact) mass is 329 g/mol. The summed E-state index contributed by atoms with van der Waals surface area (Å²) in [6, 6.07) is 4.92. The fourth-order valence-corrected chi connectivity index (χ4v) is 2.48. The van der Waals surface area contributed by atoms with Gasteiger partial charge in [-0.05, 0) is 30.5 Å². The molecular formula is C14H19NO6S. The lowest BCUT2D eigenvalue weighted by atomic mass is 10.1. The van der Waals surface area contributed by atoms with Crippen molar-refractivity contribution in [3.8, 4) is 0 Å². The van der Waals surface area contributed by atoms with E-state index in [1.54, 1.807) is 24.3 Å². The molecule has 1 aromatic carbocycles. The van der Waals surface area contributed by atoms with Crippen molar-refractivity contribution in [3.05, 3.63) is 35.4 Å². The molecule has 8 heteroatoms. The fourth-order valence-electron chi connectivity index (χ4n) is 1.83. The zero-order chi connectivity index (χ0) is 16.8. The summed E-state index contributed by atoms with van der Waals surface area (Å²) >= 11 is 0. The van der Waals surface area contributed by atoms with Crippen LogP contribution in [0.3, 0.4) is 0 Å². The first-order valence-corrected chi connectivity index (χ1v) is 8.41. The maximum absolute atomic E-state index is 11.9. The molecule has 0 bridgehead atoms. The van der Waals surface area contributed by atoms with Gasteiger partial charge in [0.1, 0.15) is 11.8 Å². The molecule has 0 aliphatic carbocycles. The summed E-state index contributed by atoms with van der Waals surface area (Å²) in [5, 5.41) is 11.0. The number of rotatable bonds is 8. The molecule has 0 spiro atoms. The molecule has 0 fully saturated rings. The van der Waals surface area contributed by atoms with E-state index in [2.05, 4.69) is 12.2 Å². The Morgan fingerprint density at radius 2 is 1.82 bits per heavy atom. The van der Waals surface area contributed by atoms with E-state index in [1.165, 1.54) is 0 Å². The molecule has 0 aliphatic heterocycles. The molecular weight excluding hydrogens is 310 g/mol. The lowest BCUT2D eigenvalue weighted by Gasteiger charge is -2.13. The Balaban J connectivity index is 2.75. The Labute approximate surface area is 129 Å². The minimum atomic E-state index is -4.51. The van der Waals surface area contributed by atoms with E-state index < -0.39 is 33.8 Å². The normalized spacial score (nSPS) is 12.6. The van der Waals surface area contributed by atoms with Crippen LogP contribution in [0, 0.1) is 0 Å². The van der Waals surface area contributed by atoms with Crippen LogP contribution in [0.5, 0.6) is 0 Å². The minimum Gasteiger partial charge on any atom is -0.480 e. The minimum absolute atomic E-state index is 0.224. The van der Waals surface area contributed by atoms with Crippen molar-refractivity contribution in [2.24, 2.45) is 0 Å². The first kappa shape index (κ1) is 18.1. The van der Waals surface area contributed by atoms with E-state index in [4.69, 9.17) is 9.66 Å². The zero-order valence-electron chi connectivity index (χ0n) is 12.2. The smallest absolute Gasteiger partial charge is 0.327 e. The highest BCUT2D eigenvalue weighted by Crippen LogP contribution is 2.08. The van der Waals surface area contributed by atoms with Gasteiger partial charge in [-0.2, -0.15) is 8.42 Å². The summed E-state index contributed by atoms with van der Waals surface area (Å²) < 4.78 is 30.2. The zero-order valence-corrected chi connectivity index (χ0v) is 13.0. The van der Waals surface area contributed by atoms with Gasteiger partial charge in [0.25, 0.3) is 16.0 Å². The molecule has 122 valence electrons. The summed E-state index contributed by atoms with van der Waals surface area (Å²) in [4.78, 5) is 22.8. The van der Waals surface area contributed by atoms with Crippen molar-refractivity contribution in [1.82, 2.24) is 5.32 Å². The molecule has 0 aliphatic rings. The van der Waals surface area contributed by atoms with Gasteiger partial charge in [0.15, 0.2) is 0 Å². The van der Waals surface area contributed by atoms with Crippen molar-refractivity contribution in [2.45, 2.75) is 32.2 Å². The molecule has 0 saturated carbocycles. The highest BCUT2D eigenvalue weighted by atomic mass is 32.2. The number of carboxylic acids is 1. The average Bonchev–Trinajstić information content (AvgIpc) is 2.43. The third-order valence-electron chi connectivity index (χ3n) is 3.02. The first-order valence-electron chi connectivity index (χ1n) is 6.80. The molecule has 7 nitrogen and oxygen atoms in total. The van der Waals surface area contributed by atoms with Crippen LogP contribution in [-0.2, 0) is 21.3 Å². The summed E-state index contributed by atoms with van der Waals surface area (Å²) in [5.41, 5.74) is 1.29. The van der Waals surface area contributed by atoms with E-state index in [9.17, 15) is 18.0 Å². The van der Waals surface area contributed by atoms with E-state index in [-0.39, 0.29) is 5.56 Å². The third-order valence-corrected chi connectivity index (χ3v) is 3.77. The fraction of sp³-hybridized carbons (Fsp3) is 0.429. The number of amides is 1. The van der Waals surface area contributed by atoms with Gasteiger partial charge in [0.2, 0.25) is 0 Å². The molecule has 22 heavy (non-hydrogen) atoms. The van der Waals surface area contributed by atoms with Crippen molar-refractivity contribution in [2.75, 3.05) is 5.75 Å². The van der Waals surface area contributed by atoms with Crippen LogP contribution in [0.15, 0.2) is 24.3 Å². The van der Waals surface area contributed by atoms with Crippen molar-refractivity contribution >= 4 is 22.0 Å². The van der Waals surface area contributed by atoms with Crippen LogP contribution in [-0.4, -0.2) is 41.7 Å². The number of carboxylic acid groups (broad SMARTS) is 1. The van der Waals surface area contributed by atoms with Crippen LogP contribution in [0.4, 0.5) is 0 Å². The molecule has 0 radical (unpaired) electrons. The number of nitrogens with one attached hydrogen (secondary N) is 1. The van der Waals surface area contributed by atoms with Gasteiger partial charge in [-0.3, -0.25) is 9.35 Å². The van der Waals surface area contributed by atoms with Gasteiger partial charge in [-0.25, -0.2) is 4.79 Å².